The molecular weight excluding hydrogens is 252 g/mol. The van der Waals surface area contributed by atoms with E-state index in [4.69, 9.17) is 9.84 Å². The van der Waals surface area contributed by atoms with E-state index < -0.39 is 24.6 Å². The lowest BCUT2D eigenvalue weighted by molar-refractivity contribution is -0.141. The van der Waals surface area contributed by atoms with E-state index in [0.717, 1.165) is 19.3 Å². The van der Waals surface area contributed by atoms with E-state index in [0.29, 0.717) is 12.2 Å². The van der Waals surface area contributed by atoms with Gasteiger partial charge >= 0.3 is 5.97 Å². The zero-order chi connectivity index (χ0) is 13.8. The number of nitrogens with zero attached hydrogens (tertiary/aromatic N) is 2. The van der Waals surface area contributed by atoms with Gasteiger partial charge in [-0.05, 0) is 19.3 Å². The van der Waals surface area contributed by atoms with Crippen molar-refractivity contribution in [1.29, 1.82) is 0 Å². The van der Waals surface area contributed by atoms with Crippen LogP contribution in [0.1, 0.15) is 43.6 Å². The fourth-order valence-corrected chi connectivity index (χ4v) is 2.11. The molecule has 106 valence electrons. The Labute approximate surface area is 110 Å². The van der Waals surface area contributed by atoms with E-state index in [2.05, 4.69) is 5.10 Å². The molecule has 7 nitrogen and oxygen atoms in total. The summed E-state index contributed by atoms with van der Waals surface area (Å²) in [7, 11) is 0. The molecule has 19 heavy (non-hydrogen) atoms. The molecule has 7 heteroatoms. The Bertz CT molecular complexity index is 428. The summed E-state index contributed by atoms with van der Waals surface area (Å²) in [6.45, 7) is 0.685. The summed E-state index contributed by atoms with van der Waals surface area (Å²) in [6, 6.07) is 0. The molecule has 3 atom stereocenters. The van der Waals surface area contributed by atoms with Crippen LogP contribution in [-0.4, -0.2) is 43.8 Å². The first-order chi connectivity index (χ1) is 9.08. The molecule has 0 amide bonds. The smallest absolute Gasteiger partial charge is 0.306 e. The third-order valence-corrected chi connectivity index (χ3v) is 3.16. The van der Waals surface area contributed by atoms with Crippen molar-refractivity contribution in [2.24, 2.45) is 0 Å². The van der Waals surface area contributed by atoms with Crippen molar-refractivity contribution >= 4 is 5.97 Å². The molecule has 1 aliphatic rings. The van der Waals surface area contributed by atoms with Crippen LogP contribution in [0.25, 0.3) is 0 Å². The van der Waals surface area contributed by atoms with Crippen molar-refractivity contribution in [2.45, 2.75) is 44.1 Å². The Hall–Kier alpha value is -1.44. The summed E-state index contributed by atoms with van der Waals surface area (Å²) < 4.78 is 7.15. The number of aliphatic hydroxyl groups is 2. The van der Waals surface area contributed by atoms with Gasteiger partial charge in [0.2, 0.25) is 0 Å². The van der Waals surface area contributed by atoms with Crippen molar-refractivity contribution in [3.8, 4) is 0 Å². The molecular formula is C12H18N2O5. The van der Waals surface area contributed by atoms with Gasteiger partial charge in [-0.3, -0.25) is 4.79 Å². The lowest BCUT2D eigenvalue weighted by Crippen LogP contribution is -2.21. The van der Waals surface area contributed by atoms with E-state index in [1.165, 1.54) is 6.20 Å². The second-order valence-corrected chi connectivity index (χ2v) is 4.68. The number of aliphatic carboxylic acids is 1. The Morgan fingerprint density at radius 2 is 2.32 bits per heavy atom. The average Bonchev–Trinajstić information content (AvgIpc) is 2.87. The predicted molar refractivity (Wildman–Crippen MR) is 64.3 cm³/mol. The summed E-state index contributed by atoms with van der Waals surface area (Å²) in [6.07, 6.45) is 2.71. The largest absolute Gasteiger partial charge is 0.481 e. The van der Waals surface area contributed by atoms with Crippen LogP contribution in [0.4, 0.5) is 0 Å². The van der Waals surface area contributed by atoms with Crippen molar-refractivity contribution in [3.05, 3.63) is 18.0 Å². The van der Waals surface area contributed by atoms with Crippen LogP contribution in [0.2, 0.25) is 0 Å². The van der Waals surface area contributed by atoms with Crippen molar-refractivity contribution in [3.63, 3.8) is 0 Å². The zero-order valence-corrected chi connectivity index (χ0v) is 10.5. The van der Waals surface area contributed by atoms with Crippen LogP contribution >= 0.6 is 0 Å². The lowest BCUT2D eigenvalue weighted by Gasteiger charge is -2.22. The van der Waals surface area contributed by atoms with Gasteiger partial charge in [-0.15, -0.1) is 0 Å². The fourth-order valence-electron chi connectivity index (χ4n) is 2.11. The number of rotatable bonds is 5. The highest BCUT2D eigenvalue weighted by Gasteiger charge is 2.24. The molecule has 0 aromatic carbocycles. The van der Waals surface area contributed by atoms with Crippen LogP contribution in [0, 0.1) is 0 Å². The highest BCUT2D eigenvalue weighted by Crippen LogP contribution is 2.24. The fraction of sp³-hybridized carbons (Fsp3) is 0.667. The highest BCUT2D eigenvalue weighted by atomic mass is 16.5. The minimum atomic E-state index is -1.34. The number of carbonyl (C=O) groups is 1. The second kappa shape index (κ2) is 6.14. The van der Waals surface area contributed by atoms with Crippen LogP contribution < -0.4 is 0 Å². The molecule has 1 fully saturated rings. The maximum absolute atomic E-state index is 10.5. The van der Waals surface area contributed by atoms with Gasteiger partial charge in [0.25, 0.3) is 0 Å². The highest BCUT2D eigenvalue weighted by molar-refractivity contribution is 5.67. The van der Waals surface area contributed by atoms with Gasteiger partial charge in [-0.25, -0.2) is 4.68 Å². The summed E-state index contributed by atoms with van der Waals surface area (Å²) >= 11 is 0. The van der Waals surface area contributed by atoms with Gasteiger partial charge in [-0.2, -0.15) is 5.10 Å². The van der Waals surface area contributed by atoms with E-state index in [-0.39, 0.29) is 6.23 Å². The summed E-state index contributed by atoms with van der Waals surface area (Å²) in [5.74, 6) is -1.16. The maximum atomic E-state index is 10.5. The quantitative estimate of drug-likeness (QED) is 0.717. The van der Waals surface area contributed by atoms with Gasteiger partial charge in [0.05, 0.1) is 18.7 Å². The minimum Gasteiger partial charge on any atom is -0.481 e. The van der Waals surface area contributed by atoms with E-state index in [1.54, 1.807) is 10.9 Å². The van der Waals surface area contributed by atoms with E-state index in [9.17, 15) is 15.0 Å². The minimum absolute atomic E-state index is 0.147. The molecule has 0 saturated carbocycles. The predicted octanol–water partition coefficient (Wildman–Crippen LogP) is 0.451. The Morgan fingerprint density at radius 1 is 1.53 bits per heavy atom. The molecule has 1 saturated heterocycles. The maximum Gasteiger partial charge on any atom is 0.306 e. The Balaban J connectivity index is 2.01. The first-order valence-corrected chi connectivity index (χ1v) is 6.31. The first-order valence-electron chi connectivity index (χ1n) is 6.31. The standard InChI is InChI=1S/C12H18N2O5/c15-9(5-11(16)17)12(18)8-6-13-14(7-8)10-3-1-2-4-19-10/h6-7,9-10,12,15,18H,1-5H2,(H,16,17)/t9?,10-,12?/m0/s1. The SMILES string of the molecule is O=C(O)CC(O)C(O)c1cnn([C@@H]2CCCCO2)c1. The monoisotopic (exact) mass is 270 g/mol. The van der Waals surface area contributed by atoms with E-state index in [1.807, 2.05) is 0 Å². The zero-order valence-electron chi connectivity index (χ0n) is 10.5. The third-order valence-electron chi connectivity index (χ3n) is 3.16. The molecule has 2 unspecified atom stereocenters. The molecule has 0 spiro atoms. The van der Waals surface area contributed by atoms with Crippen LogP contribution in [0.5, 0.6) is 0 Å². The number of aromatic nitrogens is 2. The number of carboxylic acid groups (broad SMARTS) is 1. The molecule has 0 bridgehead atoms. The Morgan fingerprint density at radius 3 is 2.95 bits per heavy atom. The van der Waals surface area contributed by atoms with Crippen LogP contribution in [-0.2, 0) is 9.53 Å². The van der Waals surface area contributed by atoms with Crippen LogP contribution in [0.15, 0.2) is 12.4 Å². The summed E-state index contributed by atoms with van der Waals surface area (Å²) in [5, 5.41) is 32.1. The van der Waals surface area contributed by atoms with Crippen molar-refractivity contribution in [2.75, 3.05) is 6.61 Å². The second-order valence-electron chi connectivity index (χ2n) is 4.68. The molecule has 2 heterocycles. The normalized spacial score (nSPS) is 22.9. The molecule has 0 radical (unpaired) electrons. The number of hydrogen-bond acceptors (Lipinski definition) is 5. The topological polar surface area (TPSA) is 105 Å². The third kappa shape index (κ3) is 3.52. The number of carboxylic acids is 1. The Kier molecular flexibility index (Phi) is 4.52. The first kappa shape index (κ1) is 14.0. The molecule has 1 aromatic heterocycles. The number of hydrogen-bond donors (Lipinski definition) is 3. The van der Waals surface area contributed by atoms with Gasteiger partial charge in [-0.1, -0.05) is 0 Å². The number of ether oxygens (including phenoxy) is 1. The van der Waals surface area contributed by atoms with Gasteiger partial charge in [0.15, 0.2) is 0 Å². The lowest BCUT2D eigenvalue weighted by atomic mass is 10.1. The van der Waals surface area contributed by atoms with Crippen molar-refractivity contribution < 1.29 is 24.9 Å². The molecule has 1 aromatic rings. The average molecular weight is 270 g/mol. The van der Waals surface area contributed by atoms with Gasteiger partial charge in [0.1, 0.15) is 12.3 Å². The van der Waals surface area contributed by atoms with Crippen LogP contribution in [0.3, 0.4) is 0 Å². The molecule has 2 rings (SSSR count). The van der Waals surface area contributed by atoms with Crippen molar-refractivity contribution in [1.82, 2.24) is 9.78 Å². The molecule has 0 aliphatic carbocycles. The van der Waals surface area contributed by atoms with Gasteiger partial charge < -0.3 is 20.1 Å². The number of aliphatic hydroxyl groups excluding tert-OH is 2. The van der Waals surface area contributed by atoms with Gasteiger partial charge in [0, 0.05) is 18.4 Å². The summed E-state index contributed by atoms with van der Waals surface area (Å²) in [4.78, 5) is 10.5. The molecule has 3 N–H and O–H groups in total. The molecule has 1 aliphatic heterocycles. The summed E-state index contributed by atoms with van der Waals surface area (Å²) in [5.41, 5.74) is 0.392. The van der Waals surface area contributed by atoms with E-state index >= 15 is 0 Å².